The van der Waals surface area contributed by atoms with Gasteiger partial charge < -0.3 is 10.2 Å². The normalized spacial score (nSPS) is 15.0. The molecule has 0 aliphatic heterocycles. The molecular weight excluding hydrogens is 530 g/mol. The topological polar surface area (TPSA) is 86.8 Å². The van der Waals surface area contributed by atoms with Gasteiger partial charge >= 0.3 is 0 Å². The average molecular weight is 565 g/mol. The van der Waals surface area contributed by atoms with Crippen molar-refractivity contribution in [2.24, 2.45) is 0 Å². The highest BCUT2D eigenvalue weighted by Gasteiger charge is 2.31. The van der Waals surface area contributed by atoms with E-state index in [1.165, 1.54) is 4.90 Å². The molecule has 0 radical (unpaired) electrons. The maximum absolute atomic E-state index is 13.6. The van der Waals surface area contributed by atoms with Crippen LogP contribution in [0.25, 0.3) is 0 Å². The Labute approximate surface area is 217 Å². The first-order valence-electron chi connectivity index (χ1n) is 11.8. The van der Waals surface area contributed by atoms with Gasteiger partial charge in [0.2, 0.25) is 21.8 Å². The van der Waals surface area contributed by atoms with Crippen LogP contribution >= 0.6 is 15.9 Å². The summed E-state index contributed by atoms with van der Waals surface area (Å²) >= 11 is 3.43. The zero-order valence-corrected chi connectivity index (χ0v) is 23.2. The minimum Gasteiger partial charge on any atom is -0.352 e. The van der Waals surface area contributed by atoms with E-state index in [2.05, 4.69) is 21.2 Å². The Hall–Kier alpha value is -2.39. The van der Waals surface area contributed by atoms with Crippen molar-refractivity contribution < 1.29 is 18.0 Å². The monoisotopic (exact) mass is 563 g/mol. The molecule has 7 nitrogen and oxygen atoms in total. The standard InChI is InChI=1S/C26H34BrN3O4S/c1-18-9-11-21(12-10-18)16-29(20(3)26(32)28-22-7-5-6-8-22)25(31)17-30(35(4,33)34)23-13-14-24(27)19(2)15-23/h9-15,20,22H,5-8,16-17H2,1-4H3,(H,28,32). The van der Waals surface area contributed by atoms with Crippen molar-refractivity contribution in [3.05, 3.63) is 63.6 Å². The fraction of sp³-hybridized carbons (Fsp3) is 0.462. The number of anilines is 1. The van der Waals surface area contributed by atoms with Gasteiger partial charge in [-0.2, -0.15) is 0 Å². The third-order valence-electron chi connectivity index (χ3n) is 6.45. The SMILES string of the molecule is Cc1ccc(CN(C(=O)CN(c2ccc(Br)c(C)c2)S(C)(=O)=O)C(C)C(=O)NC2CCCC2)cc1. The van der Waals surface area contributed by atoms with E-state index in [1.807, 2.05) is 38.1 Å². The lowest BCUT2D eigenvalue weighted by Gasteiger charge is -2.32. The number of aryl methyl sites for hydroxylation is 2. The Bertz CT molecular complexity index is 1160. The van der Waals surface area contributed by atoms with E-state index < -0.39 is 28.5 Å². The molecule has 1 fully saturated rings. The Balaban J connectivity index is 1.88. The largest absolute Gasteiger partial charge is 0.352 e. The van der Waals surface area contributed by atoms with E-state index in [0.717, 1.165) is 57.4 Å². The van der Waals surface area contributed by atoms with Crippen molar-refractivity contribution in [1.82, 2.24) is 10.2 Å². The second-order valence-corrected chi connectivity index (χ2v) is 12.1. The van der Waals surface area contributed by atoms with Crippen LogP contribution in [-0.4, -0.2) is 50.0 Å². The van der Waals surface area contributed by atoms with Crippen LogP contribution in [0.3, 0.4) is 0 Å². The van der Waals surface area contributed by atoms with Gasteiger partial charge in [-0.1, -0.05) is 58.6 Å². The third-order valence-corrected chi connectivity index (χ3v) is 8.48. The van der Waals surface area contributed by atoms with Gasteiger partial charge in [0.15, 0.2) is 0 Å². The molecule has 1 unspecified atom stereocenters. The summed E-state index contributed by atoms with van der Waals surface area (Å²) in [6.45, 7) is 5.34. The van der Waals surface area contributed by atoms with E-state index >= 15 is 0 Å². The van der Waals surface area contributed by atoms with Gasteiger partial charge in [-0.3, -0.25) is 13.9 Å². The average Bonchev–Trinajstić information content (AvgIpc) is 3.30. The van der Waals surface area contributed by atoms with Gasteiger partial charge in [-0.05, 0) is 62.9 Å². The zero-order chi connectivity index (χ0) is 25.8. The number of benzene rings is 2. The molecule has 0 heterocycles. The molecule has 1 atom stereocenters. The summed E-state index contributed by atoms with van der Waals surface area (Å²) < 4.78 is 27.3. The Morgan fingerprint density at radius 3 is 2.29 bits per heavy atom. The molecule has 1 aliphatic carbocycles. The molecule has 0 saturated heterocycles. The van der Waals surface area contributed by atoms with Gasteiger partial charge in [0.1, 0.15) is 12.6 Å². The maximum Gasteiger partial charge on any atom is 0.244 e. The van der Waals surface area contributed by atoms with E-state index in [-0.39, 0.29) is 18.5 Å². The first-order chi connectivity index (χ1) is 16.5. The lowest BCUT2D eigenvalue weighted by molar-refractivity contribution is -0.139. The molecule has 2 amide bonds. The molecule has 190 valence electrons. The molecule has 0 aromatic heterocycles. The number of hydrogen-bond donors (Lipinski definition) is 1. The fourth-order valence-electron chi connectivity index (χ4n) is 4.26. The summed E-state index contributed by atoms with van der Waals surface area (Å²) in [5, 5.41) is 3.07. The summed E-state index contributed by atoms with van der Waals surface area (Å²) in [7, 11) is -3.75. The molecule has 1 N–H and O–H groups in total. The number of halogens is 1. The highest BCUT2D eigenvalue weighted by atomic mass is 79.9. The molecule has 9 heteroatoms. The van der Waals surface area contributed by atoms with Crippen LogP contribution in [-0.2, 0) is 26.2 Å². The minimum absolute atomic E-state index is 0.125. The van der Waals surface area contributed by atoms with Gasteiger partial charge in [-0.25, -0.2) is 8.42 Å². The second-order valence-electron chi connectivity index (χ2n) is 9.38. The first-order valence-corrected chi connectivity index (χ1v) is 14.5. The predicted octanol–water partition coefficient (Wildman–Crippen LogP) is 4.31. The molecule has 35 heavy (non-hydrogen) atoms. The first kappa shape index (κ1) is 27.2. The van der Waals surface area contributed by atoms with Gasteiger partial charge in [0.25, 0.3) is 0 Å². The van der Waals surface area contributed by atoms with Crippen LogP contribution in [0, 0.1) is 13.8 Å². The molecule has 1 saturated carbocycles. The van der Waals surface area contributed by atoms with E-state index in [4.69, 9.17) is 0 Å². The van der Waals surface area contributed by atoms with Crippen molar-refractivity contribution in [1.29, 1.82) is 0 Å². The van der Waals surface area contributed by atoms with Crippen LogP contribution in [0.5, 0.6) is 0 Å². The summed E-state index contributed by atoms with van der Waals surface area (Å²) in [6.07, 6.45) is 5.13. The van der Waals surface area contributed by atoms with Gasteiger partial charge in [-0.15, -0.1) is 0 Å². The summed E-state index contributed by atoms with van der Waals surface area (Å²) in [5.41, 5.74) is 3.21. The van der Waals surface area contributed by atoms with E-state index in [1.54, 1.807) is 25.1 Å². The van der Waals surface area contributed by atoms with E-state index in [9.17, 15) is 18.0 Å². The van der Waals surface area contributed by atoms with E-state index in [0.29, 0.717) is 5.69 Å². The molecule has 3 rings (SSSR count). The molecule has 0 bridgehead atoms. The van der Waals surface area contributed by atoms with Crippen LogP contribution in [0.1, 0.15) is 49.3 Å². The number of nitrogens with zero attached hydrogens (tertiary/aromatic N) is 2. The number of hydrogen-bond acceptors (Lipinski definition) is 4. The molecular formula is C26H34BrN3O4S. The minimum atomic E-state index is -3.75. The van der Waals surface area contributed by atoms with Gasteiger partial charge in [0, 0.05) is 17.1 Å². The number of carbonyl (C=O) groups excluding carboxylic acids is 2. The third kappa shape index (κ3) is 7.30. The summed E-state index contributed by atoms with van der Waals surface area (Å²) in [5.74, 6) is -0.659. The molecule has 2 aromatic rings. The predicted molar refractivity (Wildman–Crippen MR) is 143 cm³/mol. The van der Waals surface area contributed by atoms with Gasteiger partial charge in [0.05, 0.1) is 11.9 Å². The maximum atomic E-state index is 13.6. The number of rotatable bonds is 9. The smallest absolute Gasteiger partial charge is 0.244 e. The highest BCUT2D eigenvalue weighted by Crippen LogP contribution is 2.25. The molecule has 0 spiro atoms. The van der Waals surface area contributed by atoms with Crippen molar-refractivity contribution >= 4 is 43.5 Å². The lowest BCUT2D eigenvalue weighted by Crippen LogP contribution is -2.52. The summed E-state index contributed by atoms with van der Waals surface area (Å²) in [6, 6.07) is 12.3. The van der Waals surface area contributed by atoms with Crippen LogP contribution in [0.15, 0.2) is 46.9 Å². The van der Waals surface area contributed by atoms with Crippen LogP contribution in [0.4, 0.5) is 5.69 Å². The highest BCUT2D eigenvalue weighted by molar-refractivity contribution is 9.10. The summed E-state index contributed by atoms with van der Waals surface area (Å²) in [4.78, 5) is 28.2. The molecule has 1 aliphatic rings. The van der Waals surface area contributed by atoms with Crippen LogP contribution < -0.4 is 9.62 Å². The number of nitrogens with one attached hydrogen (secondary N) is 1. The number of sulfonamides is 1. The number of carbonyl (C=O) groups is 2. The Morgan fingerprint density at radius 1 is 1.09 bits per heavy atom. The van der Waals surface area contributed by atoms with Crippen molar-refractivity contribution in [3.8, 4) is 0 Å². The van der Waals surface area contributed by atoms with Crippen LogP contribution in [0.2, 0.25) is 0 Å². The Kier molecular flexibility index (Phi) is 8.99. The molecule has 2 aromatic carbocycles. The second kappa shape index (κ2) is 11.6. The zero-order valence-electron chi connectivity index (χ0n) is 20.8. The Morgan fingerprint density at radius 2 is 1.71 bits per heavy atom. The lowest BCUT2D eigenvalue weighted by atomic mass is 10.1. The quantitative estimate of drug-likeness (QED) is 0.492. The van der Waals surface area contributed by atoms with Crippen molar-refractivity contribution in [2.45, 2.75) is 65.1 Å². The number of amides is 2. The fourth-order valence-corrected chi connectivity index (χ4v) is 5.35. The van der Waals surface area contributed by atoms with Crippen molar-refractivity contribution in [2.75, 3.05) is 17.1 Å². The van der Waals surface area contributed by atoms with Crippen molar-refractivity contribution in [3.63, 3.8) is 0 Å².